The van der Waals surface area contributed by atoms with Gasteiger partial charge in [0.1, 0.15) is 16.2 Å². The molecule has 0 bridgehead atoms. The van der Waals surface area contributed by atoms with E-state index < -0.39 is 17.9 Å². The summed E-state index contributed by atoms with van der Waals surface area (Å²) < 4.78 is 17.2. The van der Waals surface area contributed by atoms with Gasteiger partial charge in [-0.25, -0.2) is 9.78 Å². The Labute approximate surface area is 212 Å². The first-order valence-electron chi connectivity index (χ1n) is 10.7. The number of aryl methyl sites for hydroxylation is 1. The van der Waals surface area contributed by atoms with Gasteiger partial charge in [0.25, 0.3) is 5.91 Å². The Hall–Kier alpha value is -3.50. The summed E-state index contributed by atoms with van der Waals surface area (Å²) in [4.78, 5) is 46.1. The summed E-state index contributed by atoms with van der Waals surface area (Å²) in [6.45, 7) is 3.61. The molecule has 0 spiro atoms. The highest BCUT2D eigenvalue weighted by molar-refractivity contribution is 9.10. The molecule has 2 aromatic heterocycles. The Morgan fingerprint density at radius 3 is 2.77 bits per heavy atom. The quantitative estimate of drug-likeness (QED) is 0.310. The van der Waals surface area contributed by atoms with Crippen LogP contribution in [0.1, 0.15) is 50.0 Å². The van der Waals surface area contributed by atoms with Gasteiger partial charge in [0.05, 0.1) is 36.4 Å². The number of methoxy groups -OCH3 is 1. The highest BCUT2D eigenvalue weighted by atomic mass is 79.9. The van der Waals surface area contributed by atoms with E-state index in [4.69, 9.17) is 13.9 Å². The van der Waals surface area contributed by atoms with Gasteiger partial charge in [-0.1, -0.05) is 39.4 Å². The third-order valence-electron chi connectivity index (χ3n) is 5.69. The Balaban J connectivity index is 1.76. The predicted molar refractivity (Wildman–Crippen MR) is 135 cm³/mol. The number of amides is 1. The molecule has 1 aliphatic rings. The molecule has 8 nitrogen and oxygen atoms in total. The Bertz CT molecular complexity index is 1560. The molecule has 0 N–H and O–H groups in total. The molecular weight excluding hydrogens is 536 g/mol. The zero-order valence-electron chi connectivity index (χ0n) is 19.0. The molecule has 10 heteroatoms. The van der Waals surface area contributed by atoms with Crippen LogP contribution in [0.2, 0.25) is 0 Å². The molecule has 1 unspecified atom stereocenters. The SMILES string of the molecule is CCOC(=O)c1sc(N2C(=O)c3oc4ccc(Br)cc4c(=O)c3C2c2cccc(OC)c2)nc1C. The number of carbonyl (C=O) groups excluding carboxylic acids is 2. The van der Waals surface area contributed by atoms with Crippen molar-refractivity contribution in [1.82, 2.24) is 4.98 Å². The molecule has 0 saturated carbocycles. The topological polar surface area (TPSA) is 98.9 Å². The summed E-state index contributed by atoms with van der Waals surface area (Å²) >= 11 is 4.43. The molecule has 35 heavy (non-hydrogen) atoms. The zero-order chi connectivity index (χ0) is 24.9. The molecule has 2 aromatic carbocycles. The van der Waals surface area contributed by atoms with Crippen LogP contribution < -0.4 is 15.1 Å². The van der Waals surface area contributed by atoms with Crippen molar-refractivity contribution >= 4 is 55.2 Å². The van der Waals surface area contributed by atoms with Crippen molar-refractivity contribution in [2.24, 2.45) is 0 Å². The van der Waals surface area contributed by atoms with Gasteiger partial charge in [0, 0.05) is 4.47 Å². The van der Waals surface area contributed by atoms with Crippen LogP contribution in [0.15, 0.2) is 56.1 Å². The Morgan fingerprint density at radius 1 is 1.23 bits per heavy atom. The van der Waals surface area contributed by atoms with E-state index in [0.717, 1.165) is 11.3 Å². The van der Waals surface area contributed by atoms with E-state index in [1.165, 1.54) is 4.90 Å². The second kappa shape index (κ2) is 8.94. The Kier molecular flexibility index (Phi) is 5.94. The standard InChI is InChI=1S/C25H19BrN2O6S/c1-4-33-24(31)22-12(2)27-25(35-22)28-19(13-6-5-7-15(10-13)32-3)18-20(29)16-11-14(26)8-9-17(16)34-21(18)23(28)30/h5-11,19H,4H2,1-3H3. The maximum Gasteiger partial charge on any atom is 0.350 e. The second-order valence-electron chi connectivity index (χ2n) is 7.80. The van der Waals surface area contributed by atoms with E-state index in [2.05, 4.69) is 20.9 Å². The van der Waals surface area contributed by atoms with Gasteiger partial charge in [-0.15, -0.1) is 0 Å². The summed E-state index contributed by atoms with van der Waals surface area (Å²) in [6.07, 6.45) is 0. The number of nitrogens with zero attached hydrogens (tertiary/aromatic N) is 2. The van der Waals surface area contributed by atoms with E-state index in [0.29, 0.717) is 37.3 Å². The van der Waals surface area contributed by atoms with Gasteiger partial charge in [-0.05, 0) is 49.7 Å². The molecular formula is C25H19BrN2O6S. The van der Waals surface area contributed by atoms with Crippen LogP contribution in [0, 0.1) is 6.92 Å². The van der Waals surface area contributed by atoms with E-state index in [9.17, 15) is 14.4 Å². The number of ether oxygens (including phenoxy) is 2. The van der Waals surface area contributed by atoms with E-state index in [1.54, 1.807) is 63.4 Å². The molecule has 4 aromatic rings. The number of thiazole rings is 1. The van der Waals surface area contributed by atoms with Crippen LogP contribution >= 0.6 is 27.3 Å². The highest BCUT2D eigenvalue weighted by Gasteiger charge is 2.45. The smallest absolute Gasteiger partial charge is 0.350 e. The molecule has 5 rings (SSSR count). The van der Waals surface area contributed by atoms with Crippen LogP contribution in [0.4, 0.5) is 5.13 Å². The van der Waals surface area contributed by atoms with E-state index in [-0.39, 0.29) is 28.5 Å². The van der Waals surface area contributed by atoms with Crippen LogP contribution in [0.25, 0.3) is 11.0 Å². The second-order valence-corrected chi connectivity index (χ2v) is 9.69. The molecule has 1 aliphatic heterocycles. The third-order valence-corrected chi connectivity index (χ3v) is 7.32. The lowest BCUT2D eigenvalue weighted by atomic mass is 9.98. The first-order chi connectivity index (χ1) is 16.8. The summed E-state index contributed by atoms with van der Waals surface area (Å²) in [7, 11) is 1.54. The van der Waals surface area contributed by atoms with Crippen molar-refractivity contribution in [2.45, 2.75) is 19.9 Å². The lowest BCUT2D eigenvalue weighted by Crippen LogP contribution is -2.29. The number of esters is 1. The molecule has 1 atom stereocenters. The van der Waals surface area contributed by atoms with Gasteiger partial charge in [-0.2, -0.15) is 0 Å². The molecule has 0 fully saturated rings. The number of rotatable bonds is 5. The minimum atomic E-state index is -0.826. The van der Waals surface area contributed by atoms with Crippen LogP contribution in [-0.2, 0) is 4.74 Å². The fourth-order valence-electron chi connectivity index (χ4n) is 4.14. The minimum Gasteiger partial charge on any atom is -0.497 e. The summed E-state index contributed by atoms with van der Waals surface area (Å²) in [5, 5.41) is 0.614. The van der Waals surface area contributed by atoms with Gasteiger partial charge < -0.3 is 13.9 Å². The van der Waals surface area contributed by atoms with E-state index in [1.807, 2.05) is 0 Å². The number of benzene rings is 2. The molecule has 3 heterocycles. The van der Waals surface area contributed by atoms with E-state index >= 15 is 0 Å². The molecule has 1 amide bonds. The summed E-state index contributed by atoms with van der Waals surface area (Å²) in [6, 6.07) is 11.4. The van der Waals surface area contributed by atoms with Crippen molar-refractivity contribution in [3.05, 3.63) is 84.6 Å². The van der Waals surface area contributed by atoms with Gasteiger partial charge >= 0.3 is 5.97 Å². The minimum absolute atomic E-state index is 0.0526. The first-order valence-corrected chi connectivity index (χ1v) is 12.3. The largest absolute Gasteiger partial charge is 0.497 e. The van der Waals surface area contributed by atoms with Crippen molar-refractivity contribution < 1.29 is 23.5 Å². The Morgan fingerprint density at radius 2 is 2.03 bits per heavy atom. The normalized spacial score (nSPS) is 14.9. The molecule has 0 radical (unpaired) electrons. The van der Waals surface area contributed by atoms with Crippen molar-refractivity contribution in [1.29, 1.82) is 0 Å². The maximum atomic E-state index is 13.7. The monoisotopic (exact) mass is 554 g/mol. The number of aromatic nitrogens is 1. The number of hydrogen-bond donors (Lipinski definition) is 0. The van der Waals surface area contributed by atoms with Gasteiger partial charge in [-0.3, -0.25) is 14.5 Å². The number of fused-ring (bicyclic) bond motifs is 2. The fraction of sp³-hybridized carbons (Fsp3) is 0.200. The number of carbonyl (C=O) groups is 2. The van der Waals surface area contributed by atoms with Crippen molar-refractivity contribution in [3.8, 4) is 5.75 Å². The molecule has 0 aliphatic carbocycles. The van der Waals surface area contributed by atoms with Crippen molar-refractivity contribution in [2.75, 3.05) is 18.6 Å². The fourth-order valence-corrected chi connectivity index (χ4v) is 5.49. The number of halogens is 1. The lowest BCUT2D eigenvalue weighted by Gasteiger charge is -2.22. The van der Waals surface area contributed by atoms with Crippen LogP contribution in [0.5, 0.6) is 5.75 Å². The maximum absolute atomic E-state index is 13.7. The number of hydrogen-bond acceptors (Lipinski definition) is 8. The lowest BCUT2D eigenvalue weighted by molar-refractivity contribution is 0.0531. The van der Waals surface area contributed by atoms with Crippen LogP contribution in [-0.4, -0.2) is 30.6 Å². The zero-order valence-corrected chi connectivity index (χ0v) is 21.4. The predicted octanol–water partition coefficient (Wildman–Crippen LogP) is 5.26. The highest BCUT2D eigenvalue weighted by Crippen LogP contribution is 2.43. The summed E-state index contributed by atoms with van der Waals surface area (Å²) in [5.41, 5.74) is 1.28. The summed E-state index contributed by atoms with van der Waals surface area (Å²) in [5.74, 6) is -0.512. The number of anilines is 1. The molecule has 0 saturated heterocycles. The van der Waals surface area contributed by atoms with Gasteiger partial charge in [0.15, 0.2) is 10.6 Å². The van der Waals surface area contributed by atoms with Gasteiger partial charge in [0.2, 0.25) is 5.76 Å². The average Bonchev–Trinajstić information content (AvgIpc) is 3.37. The molecule has 178 valence electrons. The third kappa shape index (κ3) is 3.82. The average molecular weight is 555 g/mol. The first kappa shape index (κ1) is 23.3. The van der Waals surface area contributed by atoms with Crippen LogP contribution in [0.3, 0.4) is 0 Å². The van der Waals surface area contributed by atoms with Crippen molar-refractivity contribution in [3.63, 3.8) is 0 Å².